The highest BCUT2D eigenvalue weighted by Crippen LogP contribution is 2.35. The number of aliphatic hydroxyl groups excluding tert-OH is 1. The molecule has 84 valence electrons. The summed E-state index contributed by atoms with van der Waals surface area (Å²) in [5.41, 5.74) is -0.0474. The number of hydrogen-bond acceptors (Lipinski definition) is 3. The number of hydrogen-bond donors (Lipinski definition) is 1. The van der Waals surface area contributed by atoms with Crippen molar-refractivity contribution in [3.63, 3.8) is 0 Å². The molecule has 14 heavy (non-hydrogen) atoms. The van der Waals surface area contributed by atoms with Gasteiger partial charge in [0.1, 0.15) is 0 Å². The Hall–Kier alpha value is -0.120. The summed E-state index contributed by atoms with van der Waals surface area (Å²) in [4.78, 5) is 2.18. The highest BCUT2D eigenvalue weighted by Gasteiger charge is 2.40. The van der Waals surface area contributed by atoms with Crippen molar-refractivity contribution >= 4 is 0 Å². The lowest BCUT2D eigenvalue weighted by molar-refractivity contribution is -0.0652. The molecule has 0 aromatic heterocycles. The van der Waals surface area contributed by atoms with Crippen molar-refractivity contribution < 1.29 is 9.84 Å². The molecule has 0 radical (unpaired) electrons. The van der Waals surface area contributed by atoms with Gasteiger partial charge in [-0.3, -0.25) is 0 Å². The Morgan fingerprint density at radius 3 is 2.29 bits per heavy atom. The van der Waals surface area contributed by atoms with Crippen LogP contribution in [0.15, 0.2) is 0 Å². The van der Waals surface area contributed by atoms with Gasteiger partial charge in [-0.1, -0.05) is 19.3 Å². The van der Waals surface area contributed by atoms with Crippen molar-refractivity contribution in [3.05, 3.63) is 0 Å². The van der Waals surface area contributed by atoms with E-state index in [1.165, 1.54) is 19.3 Å². The topological polar surface area (TPSA) is 32.7 Å². The molecule has 0 bridgehead atoms. The lowest BCUT2D eigenvalue weighted by Gasteiger charge is -2.46. The standard InChI is InChI=1S/C11H23NO2/c1-12(2)11(10(13)9-14-3)7-5-4-6-8-11/h10,13H,4-9H2,1-3H3. The molecule has 0 amide bonds. The zero-order chi connectivity index (χ0) is 10.6. The third kappa shape index (κ3) is 2.27. The van der Waals surface area contributed by atoms with Crippen LogP contribution in [0.25, 0.3) is 0 Å². The van der Waals surface area contributed by atoms with Gasteiger partial charge in [-0.15, -0.1) is 0 Å². The van der Waals surface area contributed by atoms with Crippen LogP contribution >= 0.6 is 0 Å². The SMILES string of the molecule is COCC(O)C1(N(C)C)CCCCC1. The molecule has 3 nitrogen and oxygen atoms in total. The summed E-state index contributed by atoms with van der Waals surface area (Å²) in [6.07, 6.45) is 5.56. The molecule has 0 aromatic rings. The molecule has 1 atom stereocenters. The first-order valence-corrected chi connectivity index (χ1v) is 5.48. The van der Waals surface area contributed by atoms with Crippen LogP contribution in [0.1, 0.15) is 32.1 Å². The zero-order valence-corrected chi connectivity index (χ0v) is 9.62. The quantitative estimate of drug-likeness (QED) is 0.743. The van der Waals surface area contributed by atoms with Crippen LogP contribution in [-0.2, 0) is 4.74 Å². The average molecular weight is 201 g/mol. The zero-order valence-electron chi connectivity index (χ0n) is 9.62. The fraction of sp³-hybridized carbons (Fsp3) is 1.00. The second-order valence-corrected chi connectivity index (χ2v) is 4.53. The number of likely N-dealkylation sites (N-methyl/N-ethyl adjacent to an activating group) is 1. The van der Waals surface area contributed by atoms with Crippen LogP contribution in [0.4, 0.5) is 0 Å². The van der Waals surface area contributed by atoms with Crippen LogP contribution in [0, 0.1) is 0 Å². The molecular formula is C11H23NO2. The highest BCUT2D eigenvalue weighted by molar-refractivity contribution is 4.96. The molecule has 1 N–H and O–H groups in total. The molecule has 3 heteroatoms. The fourth-order valence-corrected chi connectivity index (χ4v) is 2.56. The summed E-state index contributed by atoms with van der Waals surface area (Å²) in [7, 11) is 5.77. The van der Waals surface area contributed by atoms with Crippen molar-refractivity contribution in [2.24, 2.45) is 0 Å². The van der Waals surface area contributed by atoms with Gasteiger partial charge in [0.15, 0.2) is 0 Å². The molecule has 1 aliphatic rings. The van der Waals surface area contributed by atoms with E-state index in [9.17, 15) is 5.11 Å². The van der Waals surface area contributed by atoms with E-state index in [0.717, 1.165) is 12.8 Å². The van der Waals surface area contributed by atoms with Gasteiger partial charge in [0, 0.05) is 12.6 Å². The second-order valence-electron chi connectivity index (χ2n) is 4.53. The summed E-state index contributed by atoms with van der Waals surface area (Å²) in [6, 6.07) is 0. The van der Waals surface area contributed by atoms with Crippen LogP contribution in [0.5, 0.6) is 0 Å². The maximum atomic E-state index is 10.1. The van der Waals surface area contributed by atoms with Crippen molar-refractivity contribution in [1.82, 2.24) is 4.90 Å². The Balaban J connectivity index is 2.69. The summed E-state index contributed by atoms with van der Waals surface area (Å²) in [6.45, 7) is 0.443. The van der Waals surface area contributed by atoms with Gasteiger partial charge in [0.25, 0.3) is 0 Å². The lowest BCUT2D eigenvalue weighted by Crippen LogP contribution is -2.56. The van der Waals surface area contributed by atoms with Gasteiger partial charge < -0.3 is 14.7 Å². The van der Waals surface area contributed by atoms with Gasteiger partial charge in [0.2, 0.25) is 0 Å². The average Bonchev–Trinajstić information content (AvgIpc) is 2.19. The monoisotopic (exact) mass is 201 g/mol. The maximum Gasteiger partial charge on any atom is 0.0956 e. The molecule has 0 saturated heterocycles. The van der Waals surface area contributed by atoms with Crippen molar-refractivity contribution in [1.29, 1.82) is 0 Å². The molecule has 0 aliphatic heterocycles. The Morgan fingerprint density at radius 1 is 1.29 bits per heavy atom. The van der Waals surface area contributed by atoms with Crippen LogP contribution in [0.2, 0.25) is 0 Å². The molecule has 1 fully saturated rings. The highest BCUT2D eigenvalue weighted by atomic mass is 16.5. The molecule has 0 heterocycles. The Morgan fingerprint density at radius 2 is 1.86 bits per heavy atom. The van der Waals surface area contributed by atoms with E-state index in [1.807, 2.05) is 0 Å². The number of methoxy groups -OCH3 is 1. The third-order valence-corrected chi connectivity index (χ3v) is 3.55. The smallest absolute Gasteiger partial charge is 0.0956 e. The summed E-state index contributed by atoms with van der Waals surface area (Å²) < 4.78 is 5.06. The van der Waals surface area contributed by atoms with E-state index >= 15 is 0 Å². The van der Waals surface area contributed by atoms with Gasteiger partial charge in [-0.2, -0.15) is 0 Å². The minimum Gasteiger partial charge on any atom is -0.389 e. The van der Waals surface area contributed by atoms with E-state index in [4.69, 9.17) is 4.74 Å². The van der Waals surface area contributed by atoms with Gasteiger partial charge in [-0.05, 0) is 26.9 Å². The van der Waals surface area contributed by atoms with Crippen molar-refractivity contribution in [2.45, 2.75) is 43.7 Å². The van der Waals surface area contributed by atoms with E-state index in [-0.39, 0.29) is 11.6 Å². The predicted octanol–water partition coefficient (Wildman–Crippen LogP) is 1.26. The Labute approximate surface area is 87.1 Å². The molecule has 1 saturated carbocycles. The van der Waals surface area contributed by atoms with E-state index < -0.39 is 0 Å². The van der Waals surface area contributed by atoms with Crippen molar-refractivity contribution in [3.8, 4) is 0 Å². The molecule has 0 spiro atoms. The first-order valence-electron chi connectivity index (χ1n) is 5.48. The lowest BCUT2D eigenvalue weighted by atomic mass is 9.77. The van der Waals surface area contributed by atoms with Crippen LogP contribution in [0.3, 0.4) is 0 Å². The first-order chi connectivity index (χ1) is 6.63. The molecule has 1 unspecified atom stereocenters. The number of aliphatic hydroxyl groups is 1. The molecule has 1 aliphatic carbocycles. The number of ether oxygens (including phenoxy) is 1. The Bertz CT molecular complexity index is 165. The van der Waals surface area contributed by atoms with E-state index in [2.05, 4.69) is 19.0 Å². The van der Waals surface area contributed by atoms with E-state index in [1.54, 1.807) is 7.11 Å². The van der Waals surface area contributed by atoms with Gasteiger partial charge in [0.05, 0.1) is 12.7 Å². The van der Waals surface area contributed by atoms with Crippen LogP contribution < -0.4 is 0 Å². The van der Waals surface area contributed by atoms with E-state index in [0.29, 0.717) is 6.61 Å². The first kappa shape index (κ1) is 12.0. The summed E-state index contributed by atoms with van der Waals surface area (Å²) in [5.74, 6) is 0. The fourth-order valence-electron chi connectivity index (χ4n) is 2.56. The minimum absolute atomic E-state index is 0.0474. The van der Waals surface area contributed by atoms with Crippen molar-refractivity contribution in [2.75, 3.05) is 27.8 Å². The van der Waals surface area contributed by atoms with Gasteiger partial charge in [-0.25, -0.2) is 0 Å². The molecule has 1 rings (SSSR count). The molecular weight excluding hydrogens is 178 g/mol. The third-order valence-electron chi connectivity index (χ3n) is 3.55. The summed E-state index contributed by atoms with van der Waals surface area (Å²) in [5, 5.41) is 10.1. The predicted molar refractivity (Wildman–Crippen MR) is 57.4 cm³/mol. The van der Waals surface area contributed by atoms with Gasteiger partial charge >= 0.3 is 0 Å². The second kappa shape index (κ2) is 5.10. The minimum atomic E-state index is -0.359. The number of rotatable bonds is 4. The number of nitrogens with zero attached hydrogens (tertiary/aromatic N) is 1. The summed E-state index contributed by atoms with van der Waals surface area (Å²) >= 11 is 0. The largest absolute Gasteiger partial charge is 0.389 e. The molecule has 0 aromatic carbocycles. The van der Waals surface area contributed by atoms with Crippen LogP contribution in [-0.4, -0.2) is 49.5 Å². The Kier molecular flexibility index (Phi) is 4.35. The normalized spacial score (nSPS) is 23.8. The maximum absolute atomic E-state index is 10.1.